The highest BCUT2D eigenvalue weighted by Crippen LogP contribution is 2.12. The zero-order valence-corrected chi connectivity index (χ0v) is 7.66. The zero-order valence-electron chi connectivity index (χ0n) is 7.66. The van der Waals surface area contributed by atoms with E-state index < -0.39 is 0 Å². The first kappa shape index (κ1) is 9.80. The molecular formula is C9H14N2O2. The molecule has 0 atom stereocenters. The van der Waals surface area contributed by atoms with Crippen LogP contribution in [0, 0.1) is 0 Å². The fourth-order valence-electron chi connectivity index (χ4n) is 0.943. The highest BCUT2D eigenvalue weighted by atomic mass is 16.5. The van der Waals surface area contributed by atoms with Crippen molar-refractivity contribution in [1.82, 2.24) is 4.98 Å². The largest absolute Gasteiger partial charge is 0.481 e. The molecule has 13 heavy (non-hydrogen) atoms. The van der Waals surface area contributed by atoms with Gasteiger partial charge in [-0.15, -0.1) is 0 Å². The van der Waals surface area contributed by atoms with Crippen LogP contribution in [0.4, 0.5) is 5.69 Å². The van der Waals surface area contributed by atoms with Crippen LogP contribution < -0.4 is 10.1 Å². The fraction of sp³-hybridized carbons (Fsp3) is 0.444. The Kier molecular flexibility index (Phi) is 4.05. The first-order valence-electron chi connectivity index (χ1n) is 4.21. The molecule has 0 saturated carbocycles. The Hall–Kier alpha value is -1.29. The molecule has 0 aliphatic heterocycles. The molecule has 0 saturated heterocycles. The number of ether oxygens (including phenoxy) is 1. The van der Waals surface area contributed by atoms with Crippen molar-refractivity contribution in [3.8, 4) is 5.88 Å². The molecule has 0 aliphatic carbocycles. The average molecular weight is 182 g/mol. The maximum atomic E-state index is 8.57. The summed E-state index contributed by atoms with van der Waals surface area (Å²) in [5, 5.41) is 11.7. The van der Waals surface area contributed by atoms with Crippen molar-refractivity contribution in [3.63, 3.8) is 0 Å². The molecular weight excluding hydrogens is 168 g/mol. The molecule has 1 aromatic heterocycles. The molecule has 0 aromatic carbocycles. The van der Waals surface area contributed by atoms with Gasteiger partial charge in [0.15, 0.2) is 0 Å². The summed E-state index contributed by atoms with van der Waals surface area (Å²) in [4.78, 5) is 3.97. The van der Waals surface area contributed by atoms with E-state index in [1.54, 1.807) is 13.3 Å². The predicted molar refractivity (Wildman–Crippen MR) is 51.0 cm³/mol. The van der Waals surface area contributed by atoms with Gasteiger partial charge in [-0.2, -0.15) is 0 Å². The van der Waals surface area contributed by atoms with Crippen LogP contribution in [0.5, 0.6) is 5.88 Å². The molecule has 0 radical (unpaired) electrons. The lowest BCUT2D eigenvalue weighted by molar-refractivity contribution is 0.292. The van der Waals surface area contributed by atoms with E-state index in [-0.39, 0.29) is 6.61 Å². The summed E-state index contributed by atoms with van der Waals surface area (Å²) in [5.74, 6) is 0.592. The third-order valence-electron chi connectivity index (χ3n) is 1.61. The number of hydrogen-bond donors (Lipinski definition) is 2. The Balaban J connectivity index is 2.46. The van der Waals surface area contributed by atoms with Crippen molar-refractivity contribution in [2.75, 3.05) is 25.6 Å². The van der Waals surface area contributed by atoms with Gasteiger partial charge in [0.1, 0.15) is 0 Å². The number of aliphatic hydroxyl groups excluding tert-OH is 1. The Morgan fingerprint density at radius 1 is 1.62 bits per heavy atom. The van der Waals surface area contributed by atoms with Gasteiger partial charge in [-0.3, -0.25) is 0 Å². The smallest absolute Gasteiger partial charge is 0.214 e. The molecule has 0 bridgehead atoms. The van der Waals surface area contributed by atoms with Crippen molar-refractivity contribution in [2.24, 2.45) is 0 Å². The second-order valence-electron chi connectivity index (χ2n) is 2.59. The minimum Gasteiger partial charge on any atom is -0.481 e. The first-order chi connectivity index (χ1) is 6.36. The van der Waals surface area contributed by atoms with E-state index in [9.17, 15) is 0 Å². The third kappa shape index (κ3) is 3.29. The number of hydrogen-bond acceptors (Lipinski definition) is 4. The second-order valence-corrected chi connectivity index (χ2v) is 2.59. The Labute approximate surface area is 77.6 Å². The van der Waals surface area contributed by atoms with Crippen molar-refractivity contribution in [2.45, 2.75) is 6.42 Å². The molecule has 0 unspecified atom stereocenters. The van der Waals surface area contributed by atoms with Gasteiger partial charge in [0.05, 0.1) is 7.11 Å². The van der Waals surface area contributed by atoms with E-state index >= 15 is 0 Å². The minimum absolute atomic E-state index is 0.204. The van der Waals surface area contributed by atoms with Crippen molar-refractivity contribution < 1.29 is 9.84 Å². The molecule has 72 valence electrons. The van der Waals surface area contributed by atoms with Crippen LogP contribution in [0.15, 0.2) is 18.3 Å². The van der Waals surface area contributed by atoms with Gasteiger partial charge >= 0.3 is 0 Å². The summed E-state index contributed by atoms with van der Waals surface area (Å²) >= 11 is 0. The SMILES string of the molecule is COc1cc(NCCCO)ccn1. The summed E-state index contributed by atoms with van der Waals surface area (Å²) in [6.07, 6.45) is 2.42. The van der Waals surface area contributed by atoms with Crippen molar-refractivity contribution in [3.05, 3.63) is 18.3 Å². The molecule has 0 fully saturated rings. The molecule has 4 heteroatoms. The monoisotopic (exact) mass is 182 g/mol. The van der Waals surface area contributed by atoms with Crippen molar-refractivity contribution >= 4 is 5.69 Å². The number of aliphatic hydroxyl groups is 1. The van der Waals surface area contributed by atoms with Crippen LogP contribution in [0.3, 0.4) is 0 Å². The third-order valence-corrected chi connectivity index (χ3v) is 1.61. The quantitative estimate of drug-likeness (QED) is 0.664. The molecule has 2 N–H and O–H groups in total. The van der Waals surface area contributed by atoms with E-state index in [0.29, 0.717) is 5.88 Å². The summed E-state index contributed by atoms with van der Waals surface area (Å²) in [6, 6.07) is 3.68. The Bertz CT molecular complexity index is 253. The molecule has 1 rings (SSSR count). The molecule has 0 amide bonds. The number of aromatic nitrogens is 1. The summed E-state index contributed by atoms with van der Waals surface area (Å²) < 4.78 is 4.96. The number of anilines is 1. The summed E-state index contributed by atoms with van der Waals surface area (Å²) in [6.45, 7) is 0.957. The predicted octanol–water partition coefficient (Wildman–Crippen LogP) is 0.884. The van der Waals surface area contributed by atoms with Crippen LogP contribution in [-0.2, 0) is 0 Å². The second kappa shape index (κ2) is 5.37. The molecule has 4 nitrogen and oxygen atoms in total. The van der Waals surface area contributed by atoms with Crippen molar-refractivity contribution in [1.29, 1.82) is 0 Å². The number of pyridine rings is 1. The minimum atomic E-state index is 0.204. The lowest BCUT2D eigenvalue weighted by atomic mass is 10.3. The molecule has 0 spiro atoms. The molecule has 0 aliphatic rings. The van der Waals surface area contributed by atoms with Gasteiger partial charge in [0.25, 0.3) is 0 Å². The van der Waals surface area contributed by atoms with Gasteiger partial charge in [0.2, 0.25) is 5.88 Å². The van der Waals surface area contributed by atoms with Crippen LogP contribution in [-0.4, -0.2) is 30.4 Å². The lowest BCUT2D eigenvalue weighted by Gasteiger charge is -2.05. The average Bonchev–Trinajstić information content (AvgIpc) is 2.19. The number of nitrogens with one attached hydrogen (secondary N) is 1. The molecule has 1 aromatic rings. The van der Waals surface area contributed by atoms with E-state index in [1.165, 1.54) is 0 Å². The maximum absolute atomic E-state index is 8.57. The van der Waals surface area contributed by atoms with Gasteiger partial charge in [-0.1, -0.05) is 0 Å². The van der Waals surface area contributed by atoms with Gasteiger partial charge in [-0.05, 0) is 12.5 Å². The molecule has 1 heterocycles. The van der Waals surface area contributed by atoms with E-state index in [1.807, 2.05) is 12.1 Å². The summed E-state index contributed by atoms with van der Waals surface area (Å²) in [5.41, 5.74) is 0.959. The lowest BCUT2D eigenvalue weighted by Crippen LogP contribution is -2.03. The standard InChI is InChI=1S/C9H14N2O2/c1-13-9-7-8(3-5-11-9)10-4-2-6-12/h3,5,7,12H,2,4,6H2,1H3,(H,10,11). The topological polar surface area (TPSA) is 54.4 Å². The van der Waals surface area contributed by atoms with Gasteiger partial charge in [-0.25, -0.2) is 4.98 Å². The Morgan fingerprint density at radius 2 is 2.46 bits per heavy atom. The summed E-state index contributed by atoms with van der Waals surface area (Å²) in [7, 11) is 1.58. The fourth-order valence-corrected chi connectivity index (χ4v) is 0.943. The number of rotatable bonds is 5. The number of nitrogens with zero attached hydrogens (tertiary/aromatic N) is 1. The Morgan fingerprint density at radius 3 is 3.15 bits per heavy atom. The van der Waals surface area contributed by atoms with Crippen LogP contribution in [0.1, 0.15) is 6.42 Å². The first-order valence-corrected chi connectivity index (χ1v) is 4.21. The van der Waals surface area contributed by atoms with E-state index in [2.05, 4.69) is 10.3 Å². The van der Waals surface area contributed by atoms with Gasteiger partial charge < -0.3 is 15.2 Å². The van der Waals surface area contributed by atoms with Crippen LogP contribution in [0.2, 0.25) is 0 Å². The highest BCUT2D eigenvalue weighted by Gasteiger charge is 1.94. The maximum Gasteiger partial charge on any atom is 0.214 e. The van der Waals surface area contributed by atoms with Gasteiger partial charge in [0, 0.05) is 31.1 Å². The number of methoxy groups -OCH3 is 1. The van der Waals surface area contributed by atoms with Crippen LogP contribution >= 0.6 is 0 Å². The zero-order chi connectivity index (χ0) is 9.52. The van der Waals surface area contributed by atoms with E-state index in [0.717, 1.165) is 18.7 Å². The highest BCUT2D eigenvalue weighted by molar-refractivity contribution is 5.44. The van der Waals surface area contributed by atoms with E-state index in [4.69, 9.17) is 9.84 Å². The normalized spacial score (nSPS) is 9.69. The van der Waals surface area contributed by atoms with Crippen LogP contribution in [0.25, 0.3) is 0 Å².